The van der Waals surface area contributed by atoms with Gasteiger partial charge in [0, 0.05) is 0 Å². The van der Waals surface area contributed by atoms with Crippen LogP contribution in [0.5, 0.6) is 0 Å². The van der Waals surface area contributed by atoms with Crippen LogP contribution in [0.4, 0.5) is 0 Å². The van der Waals surface area contributed by atoms with E-state index in [0.717, 1.165) is 0 Å². The zero-order valence-electron chi connectivity index (χ0n) is 13.9. The van der Waals surface area contributed by atoms with E-state index < -0.39 is 0 Å². The maximum Gasteiger partial charge on any atom is -0.0178 e. The summed E-state index contributed by atoms with van der Waals surface area (Å²) in [4.78, 5) is 0. The van der Waals surface area contributed by atoms with Crippen molar-refractivity contribution in [1.29, 1.82) is 0 Å². The predicted molar refractivity (Wildman–Crippen MR) is 97.6 cm³/mol. The van der Waals surface area contributed by atoms with Gasteiger partial charge in [0.05, 0.1) is 0 Å². The smallest absolute Gasteiger partial charge is 0.0178 e. The summed E-state index contributed by atoms with van der Waals surface area (Å²) < 4.78 is 0. The second-order valence-corrected chi connectivity index (χ2v) is 6.76. The van der Waals surface area contributed by atoms with Gasteiger partial charge in [-0.3, -0.25) is 0 Å². The molecule has 0 aliphatic rings. The minimum absolute atomic E-state index is 0.564. The summed E-state index contributed by atoms with van der Waals surface area (Å²) in [5.41, 5.74) is 5.41. The lowest BCUT2D eigenvalue weighted by molar-refractivity contribution is 0.867. The van der Waals surface area contributed by atoms with Gasteiger partial charge in [-0.1, -0.05) is 82.3 Å². The fourth-order valence-electron chi connectivity index (χ4n) is 2.88. The number of benzene rings is 3. The molecule has 3 aromatic rings. The molecular formula is C22H24. The quantitative estimate of drug-likeness (QED) is 0.500. The van der Waals surface area contributed by atoms with Gasteiger partial charge in [0.1, 0.15) is 0 Å². The third-order valence-electron chi connectivity index (χ3n) is 4.42. The molecule has 0 saturated carbocycles. The van der Waals surface area contributed by atoms with Crippen molar-refractivity contribution in [3.63, 3.8) is 0 Å². The monoisotopic (exact) mass is 288 g/mol. The number of hydrogen-bond donors (Lipinski definition) is 0. The van der Waals surface area contributed by atoms with Gasteiger partial charge < -0.3 is 0 Å². The first kappa shape index (κ1) is 14.8. The molecule has 0 unspecified atom stereocenters. The van der Waals surface area contributed by atoms with E-state index >= 15 is 0 Å². The minimum atomic E-state index is 0.564. The van der Waals surface area contributed by atoms with Crippen molar-refractivity contribution < 1.29 is 0 Å². The van der Waals surface area contributed by atoms with Crippen LogP contribution in [-0.4, -0.2) is 0 Å². The van der Waals surface area contributed by atoms with E-state index in [1.807, 2.05) is 0 Å². The Bertz CT molecular complexity index is 794. The van der Waals surface area contributed by atoms with E-state index in [9.17, 15) is 0 Å². The van der Waals surface area contributed by atoms with Gasteiger partial charge in [0.25, 0.3) is 0 Å². The fraction of sp³-hybridized carbons (Fsp3) is 0.273. The summed E-state index contributed by atoms with van der Waals surface area (Å²) >= 11 is 0. The average Bonchev–Trinajstić information content (AvgIpc) is 2.53. The zero-order chi connectivity index (χ0) is 15.7. The number of fused-ring (bicyclic) bond motifs is 1. The van der Waals surface area contributed by atoms with Gasteiger partial charge in [-0.25, -0.2) is 0 Å². The van der Waals surface area contributed by atoms with Crippen molar-refractivity contribution in [3.8, 4) is 11.1 Å². The average molecular weight is 288 g/mol. The van der Waals surface area contributed by atoms with Crippen LogP contribution in [0.1, 0.15) is 50.7 Å². The highest BCUT2D eigenvalue weighted by Crippen LogP contribution is 2.28. The van der Waals surface area contributed by atoms with Crippen molar-refractivity contribution in [2.24, 2.45) is 0 Å². The topological polar surface area (TPSA) is 0 Å². The third-order valence-corrected chi connectivity index (χ3v) is 4.42. The Morgan fingerprint density at radius 2 is 1.14 bits per heavy atom. The Hall–Kier alpha value is -2.08. The molecule has 0 fully saturated rings. The molecule has 0 bridgehead atoms. The molecule has 0 aliphatic carbocycles. The van der Waals surface area contributed by atoms with Crippen LogP contribution in [-0.2, 0) is 0 Å². The molecule has 0 saturated heterocycles. The highest BCUT2D eigenvalue weighted by molar-refractivity contribution is 5.88. The highest BCUT2D eigenvalue weighted by atomic mass is 14.1. The van der Waals surface area contributed by atoms with Crippen molar-refractivity contribution in [2.45, 2.75) is 39.5 Å². The van der Waals surface area contributed by atoms with E-state index in [-0.39, 0.29) is 0 Å². The summed E-state index contributed by atoms with van der Waals surface area (Å²) in [6.45, 7) is 8.97. The zero-order valence-corrected chi connectivity index (χ0v) is 13.9. The molecule has 3 aromatic carbocycles. The second-order valence-electron chi connectivity index (χ2n) is 6.76. The normalized spacial score (nSPS) is 11.5. The van der Waals surface area contributed by atoms with E-state index in [4.69, 9.17) is 0 Å². The van der Waals surface area contributed by atoms with E-state index in [1.165, 1.54) is 33.0 Å². The molecule has 112 valence electrons. The van der Waals surface area contributed by atoms with Gasteiger partial charge in [-0.05, 0) is 50.9 Å². The first-order valence-electron chi connectivity index (χ1n) is 8.18. The summed E-state index contributed by atoms with van der Waals surface area (Å²) in [5, 5.41) is 2.65. The Labute approximate surface area is 133 Å². The van der Waals surface area contributed by atoms with Crippen molar-refractivity contribution in [1.82, 2.24) is 0 Å². The van der Waals surface area contributed by atoms with Crippen LogP contribution in [0, 0.1) is 0 Å². The Balaban J connectivity index is 2.05. The third kappa shape index (κ3) is 2.92. The van der Waals surface area contributed by atoms with Crippen LogP contribution in [0.3, 0.4) is 0 Å². The molecule has 0 aliphatic heterocycles. The van der Waals surface area contributed by atoms with Gasteiger partial charge in [0.15, 0.2) is 0 Å². The lowest BCUT2D eigenvalue weighted by Gasteiger charge is -2.10. The fourth-order valence-corrected chi connectivity index (χ4v) is 2.88. The lowest BCUT2D eigenvalue weighted by Crippen LogP contribution is -1.89. The molecule has 3 rings (SSSR count). The van der Waals surface area contributed by atoms with Crippen LogP contribution in [0.15, 0.2) is 60.7 Å². The molecule has 0 spiro atoms. The second kappa shape index (κ2) is 5.96. The Kier molecular flexibility index (Phi) is 4.02. The van der Waals surface area contributed by atoms with Gasteiger partial charge >= 0.3 is 0 Å². The van der Waals surface area contributed by atoms with Crippen LogP contribution < -0.4 is 0 Å². The number of hydrogen-bond acceptors (Lipinski definition) is 0. The molecule has 0 radical (unpaired) electrons. The maximum absolute atomic E-state index is 2.31. The van der Waals surface area contributed by atoms with E-state index in [0.29, 0.717) is 11.8 Å². The lowest BCUT2D eigenvalue weighted by atomic mass is 9.94. The standard InChI is InChI=1S/C22H24/c1-15(2)17-6-5-7-19(12-17)21-11-10-20-13-18(16(3)4)8-9-22(20)14-21/h5-16H,1-4H3. The summed E-state index contributed by atoms with van der Waals surface area (Å²) in [5.74, 6) is 1.14. The van der Waals surface area contributed by atoms with Crippen LogP contribution in [0.2, 0.25) is 0 Å². The molecular weight excluding hydrogens is 264 g/mol. The maximum atomic E-state index is 2.31. The first-order chi connectivity index (χ1) is 10.5. The Morgan fingerprint density at radius 3 is 1.86 bits per heavy atom. The predicted octanol–water partition coefficient (Wildman–Crippen LogP) is 6.75. The largest absolute Gasteiger partial charge is 0.0614 e. The van der Waals surface area contributed by atoms with Gasteiger partial charge in [-0.2, -0.15) is 0 Å². The first-order valence-corrected chi connectivity index (χ1v) is 8.18. The minimum Gasteiger partial charge on any atom is -0.0614 e. The molecule has 0 atom stereocenters. The van der Waals surface area contributed by atoms with Crippen molar-refractivity contribution in [2.75, 3.05) is 0 Å². The van der Waals surface area contributed by atoms with Crippen LogP contribution in [0.25, 0.3) is 21.9 Å². The van der Waals surface area contributed by atoms with Crippen LogP contribution >= 0.6 is 0 Å². The highest BCUT2D eigenvalue weighted by Gasteiger charge is 2.05. The van der Waals surface area contributed by atoms with Gasteiger partial charge in [0.2, 0.25) is 0 Å². The summed E-state index contributed by atoms with van der Waals surface area (Å²) in [7, 11) is 0. The molecule has 0 nitrogen and oxygen atoms in total. The molecule has 0 heterocycles. The van der Waals surface area contributed by atoms with Gasteiger partial charge in [-0.15, -0.1) is 0 Å². The Morgan fingerprint density at radius 1 is 0.545 bits per heavy atom. The SMILES string of the molecule is CC(C)c1cccc(-c2ccc3cc(C(C)C)ccc3c2)c1. The molecule has 0 aromatic heterocycles. The number of rotatable bonds is 3. The van der Waals surface area contributed by atoms with E-state index in [1.54, 1.807) is 0 Å². The van der Waals surface area contributed by atoms with E-state index in [2.05, 4.69) is 88.4 Å². The molecule has 22 heavy (non-hydrogen) atoms. The van der Waals surface area contributed by atoms with Crippen molar-refractivity contribution in [3.05, 3.63) is 71.8 Å². The molecule has 0 N–H and O–H groups in total. The summed E-state index contributed by atoms with van der Waals surface area (Å²) in [6, 6.07) is 22.5. The molecule has 0 heteroatoms. The summed E-state index contributed by atoms with van der Waals surface area (Å²) in [6.07, 6.45) is 0. The molecule has 0 amide bonds. The van der Waals surface area contributed by atoms with Crippen molar-refractivity contribution >= 4 is 10.8 Å².